The third-order valence-electron chi connectivity index (χ3n) is 4.33. The lowest BCUT2D eigenvalue weighted by molar-refractivity contribution is 0.105. The van der Waals surface area contributed by atoms with E-state index in [-0.39, 0.29) is 29.4 Å². The fourth-order valence-electron chi connectivity index (χ4n) is 2.89. The van der Waals surface area contributed by atoms with Gasteiger partial charge in [0.05, 0.1) is 19.8 Å². The van der Waals surface area contributed by atoms with E-state index in [1.165, 1.54) is 31.4 Å². The molecule has 0 aliphatic rings. The van der Waals surface area contributed by atoms with Crippen molar-refractivity contribution < 1.29 is 35.4 Å². The Morgan fingerprint density at radius 2 is 1.73 bits per heavy atom. The smallest absolute Gasteiger partial charge is 0.161 e. The third-order valence-corrected chi connectivity index (χ3v) is 4.33. The Kier molecular flexibility index (Phi) is 6.68. The standard InChI is InChI=1S/C19H24O7/c1-26-17-9-12(4-5-15(17)22)18(24)14(10-21)13-7-11(3-2-6-20)8-16(23)19(13)25/h4-5,7-9,14,18,20-25H,2-3,6,10H2,1H3/t14-,18-/m1/s1. The summed E-state index contributed by atoms with van der Waals surface area (Å²) in [5.41, 5.74) is 1.23. The van der Waals surface area contributed by atoms with Crippen molar-refractivity contribution >= 4 is 0 Å². The molecule has 0 fully saturated rings. The van der Waals surface area contributed by atoms with E-state index < -0.39 is 24.4 Å². The predicted molar refractivity (Wildman–Crippen MR) is 94.6 cm³/mol. The van der Waals surface area contributed by atoms with Crippen LogP contribution in [0.2, 0.25) is 0 Å². The molecule has 6 N–H and O–H groups in total. The molecule has 26 heavy (non-hydrogen) atoms. The van der Waals surface area contributed by atoms with Gasteiger partial charge in [0, 0.05) is 18.1 Å². The number of phenolic OH excluding ortho intramolecular Hbond substituents is 3. The molecule has 7 heteroatoms. The van der Waals surface area contributed by atoms with Crippen LogP contribution in [0.3, 0.4) is 0 Å². The quantitative estimate of drug-likeness (QED) is 0.392. The molecule has 7 nitrogen and oxygen atoms in total. The maximum absolute atomic E-state index is 10.7. The molecule has 0 radical (unpaired) electrons. The minimum atomic E-state index is -1.21. The molecule has 2 rings (SSSR count). The summed E-state index contributed by atoms with van der Waals surface area (Å²) in [4.78, 5) is 0. The summed E-state index contributed by atoms with van der Waals surface area (Å²) in [7, 11) is 1.38. The molecule has 0 bridgehead atoms. The summed E-state index contributed by atoms with van der Waals surface area (Å²) in [6.45, 7) is -0.503. The summed E-state index contributed by atoms with van der Waals surface area (Å²) < 4.78 is 5.02. The molecule has 0 spiro atoms. The van der Waals surface area contributed by atoms with Crippen molar-refractivity contribution in [2.24, 2.45) is 0 Å². The molecular weight excluding hydrogens is 340 g/mol. The van der Waals surface area contributed by atoms with Crippen LogP contribution < -0.4 is 4.74 Å². The van der Waals surface area contributed by atoms with E-state index in [0.29, 0.717) is 24.0 Å². The Morgan fingerprint density at radius 3 is 2.35 bits per heavy atom. The summed E-state index contributed by atoms with van der Waals surface area (Å²) >= 11 is 0. The third kappa shape index (κ3) is 4.19. The fourth-order valence-corrected chi connectivity index (χ4v) is 2.89. The number of aliphatic hydroxyl groups is 3. The first-order valence-electron chi connectivity index (χ1n) is 8.24. The second-order valence-electron chi connectivity index (χ2n) is 6.05. The highest BCUT2D eigenvalue weighted by atomic mass is 16.5. The van der Waals surface area contributed by atoms with Crippen LogP contribution in [0.4, 0.5) is 0 Å². The Balaban J connectivity index is 2.42. The molecule has 0 heterocycles. The van der Waals surface area contributed by atoms with Gasteiger partial charge in [-0.05, 0) is 42.2 Å². The molecule has 0 saturated heterocycles. The van der Waals surface area contributed by atoms with Gasteiger partial charge in [-0.1, -0.05) is 12.1 Å². The molecule has 2 atom stereocenters. The summed E-state index contributed by atoms with van der Waals surface area (Å²) in [6, 6.07) is 7.26. The van der Waals surface area contributed by atoms with Crippen molar-refractivity contribution in [1.29, 1.82) is 0 Å². The van der Waals surface area contributed by atoms with Gasteiger partial charge in [0.2, 0.25) is 0 Å². The van der Waals surface area contributed by atoms with Crippen molar-refractivity contribution in [3.63, 3.8) is 0 Å². The van der Waals surface area contributed by atoms with E-state index in [4.69, 9.17) is 9.84 Å². The molecule has 0 aromatic heterocycles. The van der Waals surface area contributed by atoms with E-state index >= 15 is 0 Å². The Morgan fingerprint density at radius 1 is 1.00 bits per heavy atom. The molecular formula is C19H24O7. The van der Waals surface area contributed by atoms with Crippen LogP contribution >= 0.6 is 0 Å². The lowest BCUT2D eigenvalue weighted by Gasteiger charge is -2.24. The average molecular weight is 364 g/mol. The van der Waals surface area contributed by atoms with Gasteiger partial charge in [0.1, 0.15) is 0 Å². The maximum atomic E-state index is 10.7. The van der Waals surface area contributed by atoms with E-state index in [0.717, 1.165) is 0 Å². The highest BCUT2D eigenvalue weighted by Crippen LogP contribution is 2.42. The van der Waals surface area contributed by atoms with Crippen molar-refractivity contribution in [2.45, 2.75) is 24.9 Å². The lowest BCUT2D eigenvalue weighted by Crippen LogP contribution is -2.15. The number of aromatic hydroxyl groups is 3. The van der Waals surface area contributed by atoms with Gasteiger partial charge in [-0.2, -0.15) is 0 Å². The first-order valence-corrected chi connectivity index (χ1v) is 8.24. The van der Waals surface area contributed by atoms with Crippen molar-refractivity contribution in [3.8, 4) is 23.0 Å². The SMILES string of the molecule is COc1cc([C@@H](O)[C@H](CO)c2cc(CCCO)cc(O)c2O)ccc1O. The van der Waals surface area contributed by atoms with Crippen molar-refractivity contribution in [2.75, 3.05) is 20.3 Å². The van der Waals surface area contributed by atoms with E-state index in [2.05, 4.69) is 0 Å². The van der Waals surface area contributed by atoms with Crippen LogP contribution in [-0.2, 0) is 6.42 Å². The van der Waals surface area contributed by atoms with Gasteiger partial charge in [-0.3, -0.25) is 0 Å². The fraction of sp³-hybridized carbons (Fsp3) is 0.368. The zero-order valence-electron chi connectivity index (χ0n) is 14.5. The number of methoxy groups -OCH3 is 1. The van der Waals surface area contributed by atoms with Gasteiger partial charge in [0.25, 0.3) is 0 Å². The minimum Gasteiger partial charge on any atom is -0.504 e. The number of hydrogen-bond donors (Lipinski definition) is 6. The van der Waals surface area contributed by atoms with Crippen LogP contribution in [0.5, 0.6) is 23.0 Å². The second-order valence-corrected chi connectivity index (χ2v) is 6.05. The molecule has 0 unspecified atom stereocenters. The van der Waals surface area contributed by atoms with E-state index in [9.17, 15) is 25.5 Å². The van der Waals surface area contributed by atoms with Crippen molar-refractivity contribution in [3.05, 3.63) is 47.0 Å². The number of rotatable bonds is 8. The first kappa shape index (κ1) is 19.8. The topological polar surface area (TPSA) is 131 Å². The zero-order chi connectivity index (χ0) is 19.3. The molecule has 142 valence electrons. The number of ether oxygens (including phenoxy) is 1. The van der Waals surface area contributed by atoms with E-state index in [1.807, 2.05) is 0 Å². The Hall–Kier alpha value is -2.48. The van der Waals surface area contributed by atoms with Crippen LogP contribution in [0.15, 0.2) is 30.3 Å². The Labute approximate surface area is 151 Å². The first-order chi connectivity index (χ1) is 12.4. The van der Waals surface area contributed by atoms with Crippen LogP contribution in [0.25, 0.3) is 0 Å². The number of aliphatic hydroxyl groups excluding tert-OH is 3. The maximum Gasteiger partial charge on any atom is 0.161 e. The monoisotopic (exact) mass is 364 g/mol. The number of benzene rings is 2. The van der Waals surface area contributed by atoms with Crippen LogP contribution in [-0.4, -0.2) is 51.0 Å². The second kappa shape index (κ2) is 8.75. The minimum absolute atomic E-state index is 0.0175. The summed E-state index contributed by atoms with van der Waals surface area (Å²) in [5, 5.41) is 59.3. The van der Waals surface area contributed by atoms with Crippen LogP contribution in [0.1, 0.15) is 35.1 Å². The Bertz CT molecular complexity index is 745. The highest BCUT2D eigenvalue weighted by molar-refractivity contribution is 5.51. The molecule has 0 aliphatic carbocycles. The lowest BCUT2D eigenvalue weighted by atomic mass is 9.87. The molecule has 2 aromatic rings. The van der Waals surface area contributed by atoms with Crippen molar-refractivity contribution in [1.82, 2.24) is 0 Å². The molecule has 0 aliphatic heterocycles. The molecule has 2 aromatic carbocycles. The number of hydrogen-bond acceptors (Lipinski definition) is 7. The number of phenols is 3. The predicted octanol–water partition coefficient (Wildman–Crippen LogP) is 1.55. The normalized spacial score (nSPS) is 13.4. The summed E-state index contributed by atoms with van der Waals surface area (Å²) in [6.07, 6.45) is -0.267. The zero-order valence-corrected chi connectivity index (χ0v) is 14.5. The molecule has 0 saturated carbocycles. The van der Waals surface area contributed by atoms with Gasteiger partial charge in [-0.15, -0.1) is 0 Å². The molecule has 0 amide bonds. The number of aryl methyl sites for hydroxylation is 1. The van der Waals surface area contributed by atoms with Gasteiger partial charge in [-0.25, -0.2) is 0 Å². The highest BCUT2D eigenvalue weighted by Gasteiger charge is 2.27. The van der Waals surface area contributed by atoms with Gasteiger partial charge >= 0.3 is 0 Å². The summed E-state index contributed by atoms with van der Waals surface area (Å²) in [5.74, 6) is -1.60. The average Bonchev–Trinajstić information content (AvgIpc) is 2.64. The van der Waals surface area contributed by atoms with Crippen LogP contribution in [0, 0.1) is 0 Å². The largest absolute Gasteiger partial charge is 0.504 e. The van der Waals surface area contributed by atoms with E-state index in [1.54, 1.807) is 6.07 Å². The van der Waals surface area contributed by atoms with Gasteiger partial charge in [0.15, 0.2) is 23.0 Å². The van der Waals surface area contributed by atoms with Gasteiger partial charge < -0.3 is 35.4 Å².